The monoisotopic (exact) mass is 565 g/mol. The Labute approximate surface area is 253 Å². The maximum absolute atomic E-state index is 5.28. The predicted octanol–water partition coefficient (Wildman–Crippen LogP) is 8.86. The molecule has 0 N–H and O–H groups in total. The molecular weight excluding hydrogens is 538 g/mol. The standard InChI is InChI=1S/C39H27N5/c1-2-10-25(11-3-1)39-40-37(43-32-15-7-4-12-28(32)29-13-5-8-16-33(29)43)24-38(41-39)44-34-17-9-6-14-30(34)31-19-18-27(23-36(31)44)42-21-20-26-22-35(26)42/h1-20,23-24,35H,21-22H2. The summed E-state index contributed by atoms with van der Waals surface area (Å²) in [6.45, 7) is 0.981. The van der Waals surface area contributed by atoms with Gasteiger partial charge in [-0.2, -0.15) is 0 Å². The highest BCUT2D eigenvalue weighted by Gasteiger charge is 2.39. The average Bonchev–Trinajstić information content (AvgIpc) is 3.44. The maximum Gasteiger partial charge on any atom is 0.163 e. The van der Waals surface area contributed by atoms with Crippen molar-refractivity contribution in [2.24, 2.45) is 0 Å². The lowest BCUT2D eigenvalue weighted by molar-refractivity contribution is 0.903. The van der Waals surface area contributed by atoms with Gasteiger partial charge in [-0.25, -0.2) is 9.97 Å². The Bertz CT molecular complexity index is 2410. The van der Waals surface area contributed by atoms with Crippen LogP contribution in [0.4, 0.5) is 5.69 Å². The van der Waals surface area contributed by atoms with Crippen molar-refractivity contribution < 1.29 is 0 Å². The van der Waals surface area contributed by atoms with Crippen molar-refractivity contribution in [3.05, 3.63) is 139 Å². The van der Waals surface area contributed by atoms with E-state index in [0.29, 0.717) is 11.9 Å². The van der Waals surface area contributed by atoms with Gasteiger partial charge < -0.3 is 4.90 Å². The number of benzene rings is 5. The summed E-state index contributed by atoms with van der Waals surface area (Å²) in [4.78, 5) is 13.0. The second-order valence-electron chi connectivity index (χ2n) is 11.8. The summed E-state index contributed by atoms with van der Waals surface area (Å²) >= 11 is 0. The van der Waals surface area contributed by atoms with Crippen LogP contribution in [0.2, 0.25) is 0 Å². The van der Waals surface area contributed by atoms with Gasteiger partial charge in [0.1, 0.15) is 11.6 Å². The third-order valence-corrected chi connectivity index (χ3v) is 9.38. The van der Waals surface area contributed by atoms with Crippen LogP contribution in [-0.2, 0) is 0 Å². The normalized spacial score (nSPS) is 15.9. The van der Waals surface area contributed by atoms with E-state index in [-0.39, 0.29) is 0 Å². The molecule has 5 heteroatoms. The Morgan fingerprint density at radius 1 is 0.523 bits per heavy atom. The van der Waals surface area contributed by atoms with E-state index < -0.39 is 0 Å². The highest BCUT2D eigenvalue weighted by Crippen LogP contribution is 2.44. The Balaban J connectivity index is 1.29. The third-order valence-electron chi connectivity index (χ3n) is 9.38. The molecule has 10 rings (SSSR count). The van der Waals surface area contributed by atoms with Gasteiger partial charge in [-0.1, -0.05) is 97.1 Å². The lowest BCUT2D eigenvalue weighted by atomic mass is 10.1. The molecule has 8 aromatic rings. The maximum atomic E-state index is 5.28. The predicted molar refractivity (Wildman–Crippen MR) is 180 cm³/mol. The van der Waals surface area contributed by atoms with E-state index in [2.05, 4.69) is 141 Å². The van der Waals surface area contributed by atoms with E-state index in [1.54, 1.807) is 5.57 Å². The summed E-state index contributed by atoms with van der Waals surface area (Å²) in [6.07, 6.45) is 3.58. The van der Waals surface area contributed by atoms with Gasteiger partial charge in [0.15, 0.2) is 5.82 Å². The summed E-state index contributed by atoms with van der Waals surface area (Å²) in [7, 11) is 0. The van der Waals surface area contributed by atoms with Crippen molar-refractivity contribution in [2.75, 3.05) is 11.4 Å². The fourth-order valence-corrected chi connectivity index (χ4v) is 7.24. The number of aromatic nitrogens is 4. The van der Waals surface area contributed by atoms with E-state index in [0.717, 1.165) is 45.8 Å². The minimum Gasteiger partial charge on any atom is -0.361 e. The number of fused-ring (bicyclic) bond motifs is 7. The van der Waals surface area contributed by atoms with Crippen LogP contribution in [0.3, 0.4) is 0 Å². The van der Waals surface area contributed by atoms with E-state index >= 15 is 0 Å². The van der Waals surface area contributed by atoms with Gasteiger partial charge in [-0.05, 0) is 42.3 Å². The zero-order valence-corrected chi connectivity index (χ0v) is 23.9. The second-order valence-corrected chi connectivity index (χ2v) is 11.8. The molecule has 0 saturated heterocycles. The van der Waals surface area contributed by atoms with E-state index in [1.165, 1.54) is 33.7 Å². The Kier molecular flexibility index (Phi) is 4.83. The fourth-order valence-electron chi connectivity index (χ4n) is 7.24. The quantitative estimate of drug-likeness (QED) is 0.200. The van der Waals surface area contributed by atoms with Crippen molar-refractivity contribution in [3.8, 4) is 23.0 Å². The van der Waals surface area contributed by atoms with E-state index in [1.807, 2.05) is 6.07 Å². The molecule has 0 spiro atoms. The molecule has 5 aromatic carbocycles. The molecule has 5 nitrogen and oxygen atoms in total. The van der Waals surface area contributed by atoms with Gasteiger partial charge in [0.2, 0.25) is 0 Å². The largest absolute Gasteiger partial charge is 0.361 e. The van der Waals surface area contributed by atoms with E-state index in [9.17, 15) is 0 Å². The first-order chi connectivity index (χ1) is 21.8. The molecule has 0 radical (unpaired) electrons. The summed E-state index contributed by atoms with van der Waals surface area (Å²) in [5.41, 5.74) is 8.37. The highest BCUT2D eigenvalue weighted by atomic mass is 15.2. The lowest BCUT2D eigenvalue weighted by Gasteiger charge is -2.20. The molecule has 1 aliphatic carbocycles. The highest BCUT2D eigenvalue weighted by molar-refractivity contribution is 6.11. The second kappa shape index (κ2) is 8.91. The van der Waals surface area contributed by atoms with Gasteiger partial charge >= 0.3 is 0 Å². The van der Waals surface area contributed by atoms with Crippen LogP contribution in [0.1, 0.15) is 6.42 Å². The molecule has 44 heavy (non-hydrogen) atoms. The average molecular weight is 566 g/mol. The van der Waals surface area contributed by atoms with Crippen LogP contribution < -0.4 is 4.90 Å². The van der Waals surface area contributed by atoms with Gasteiger partial charge in [-0.3, -0.25) is 9.13 Å². The van der Waals surface area contributed by atoms with Crippen LogP contribution >= 0.6 is 0 Å². The molecule has 4 heterocycles. The SMILES string of the molecule is C1=C2CC2N(c2ccc3c4ccccc4n(-c4cc(-n5c6ccccc6c6ccccc65)nc(-c5ccccc5)n4)c3c2)C1. The van der Waals surface area contributed by atoms with Crippen molar-refractivity contribution in [2.45, 2.75) is 12.5 Å². The summed E-state index contributed by atoms with van der Waals surface area (Å²) in [5, 5.41) is 4.87. The molecule has 1 fully saturated rings. The van der Waals surface area contributed by atoms with Crippen LogP contribution in [0.5, 0.6) is 0 Å². The van der Waals surface area contributed by atoms with Crippen molar-refractivity contribution in [1.82, 2.24) is 19.1 Å². The summed E-state index contributed by atoms with van der Waals surface area (Å²) in [5.74, 6) is 2.40. The minimum atomic E-state index is 0.566. The number of anilines is 1. The van der Waals surface area contributed by atoms with E-state index in [4.69, 9.17) is 9.97 Å². The van der Waals surface area contributed by atoms with Gasteiger partial charge in [0.25, 0.3) is 0 Å². The lowest BCUT2D eigenvalue weighted by Crippen LogP contribution is -2.22. The first-order valence-electron chi connectivity index (χ1n) is 15.2. The third kappa shape index (κ3) is 3.41. The zero-order valence-electron chi connectivity index (χ0n) is 23.9. The number of rotatable bonds is 4. The van der Waals surface area contributed by atoms with Crippen LogP contribution in [0.15, 0.2) is 139 Å². The molecule has 0 bridgehead atoms. The number of hydrogen-bond donors (Lipinski definition) is 0. The van der Waals surface area contributed by atoms with Crippen molar-refractivity contribution in [1.29, 1.82) is 0 Å². The number of nitrogens with zero attached hydrogens (tertiary/aromatic N) is 5. The summed E-state index contributed by atoms with van der Waals surface area (Å²) in [6, 6.07) is 45.8. The smallest absolute Gasteiger partial charge is 0.163 e. The Morgan fingerprint density at radius 3 is 1.64 bits per heavy atom. The number of hydrogen-bond acceptors (Lipinski definition) is 3. The molecule has 0 amide bonds. The van der Waals surface area contributed by atoms with Gasteiger partial charge in [0, 0.05) is 45.4 Å². The van der Waals surface area contributed by atoms with Crippen LogP contribution in [0.25, 0.3) is 66.6 Å². The van der Waals surface area contributed by atoms with Crippen LogP contribution in [0, 0.1) is 0 Å². The fraction of sp³-hybridized carbons (Fsp3) is 0.0769. The minimum absolute atomic E-state index is 0.566. The Morgan fingerprint density at radius 2 is 1.07 bits per heavy atom. The first kappa shape index (κ1) is 23.8. The van der Waals surface area contributed by atoms with Crippen molar-refractivity contribution in [3.63, 3.8) is 0 Å². The molecule has 2 aliphatic rings. The zero-order chi connectivity index (χ0) is 28.8. The molecule has 1 saturated carbocycles. The number of para-hydroxylation sites is 3. The molecular formula is C39H27N5. The summed E-state index contributed by atoms with van der Waals surface area (Å²) < 4.78 is 4.61. The molecule has 3 aromatic heterocycles. The van der Waals surface area contributed by atoms with Crippen molar-refractivity contribution >= 4 is 49.3 Å². The molecule has 1 aliphatic heterocycles. The van der Waals surface area contributed by atoms with Gasteiger partial charge in [0.05, 0.1) is 28.1 Å². The Hall–Kier alpha value is -5.68. The molecule has 1 atom stereocenters. The first-order valence-corrected chi connectivity index (χ1v) is 15.2. The topological polar surface area (TPSA) is 38.9 Å². The molecule has 208 valence electrons. The van der Waals surface area contributed by atoms with Gasteiger partial charge in [-0.15, -0.1) is 0 Å². The molecule has 1 unspecified atom stereocenters. The van der Waals surface area contributed by atoms with Crippen LogP contribution in [-0.4, -0.2) is 31.7 Å².